The van der Waals surface area contributed by atoms with Gasteiger partial charge >= 0.3 is 0 Å². The van der Waals surface area contributed by atoms with Crippen molar-refractivity contribution >= 4 is 44.6 Å². The van der Waals surface area contributed by atoms with Crippen LogP contribution >= 0.6 is 11.6 Å². The summed E-state index contributed by atoms with van der Waals surface area (Å²) >= 11 is 4.64. The van der Waals surface area contributed by atoms with Crippen molar-refractivity contribution < 1.29 is 18.4 Å². The molecule has 0 radical (unpaired) electrons. The third kappa shape index (κ3) is 10.4. The first-order chi connectivity index (χ1) is 27.4. The second-order valence-corrected chi connectivity index (χ2v) is 13.7. The zero-order valence-corrected chi connectivity index (χ0v) is 32.0. The molecule has 57 heavy (non-hydrogen) atoms. The van der Waals surface area contributed by atoms with Crippen LogP contribution in [-0.2, 0) is 35.5 Å². The molecule has 2 aliphatic rings. The normalized spacial score (nSPS) is 13.0. The molecule has 0 saturated heterocycles. The molecule has 0 atom stereocenters. The summed E-state index contributed by atoms with van der Waals surface area (Å²) in [7, 11) is 0. The van der Waals surface area contributed by atoms with Crippen LogP contribution in [0.2, 0.25) is 0 Å². The summed E-state index contributed by atoms with van der Waals surface area (Å²) in [6.45, 7) is 6.55. The van der Waals surface area contributed by atoms with E-state index in [1.165, 1.54) is 38.1 Å². The summed E-state index contributed by atoms with van der Waals surface area (Å²) in [6.07, 6.45) is 1.26. The van der Waals surface area contributed by atoms with E-state index in [2.05, 4.69) is 50.6 Å². The fourth-order valence-electron chi connectivity index (χ4n) is 6.35. The highest BCUT2D eigenvalue weighted by molar-refractivity contribution is 6.62. The average molecular weight is 787 g/mol. The van der Waals surface area contributed by atoms with Gasteiger partial charge in [0.1, 0.15) is 23.3 Å². The molecule has 288 valence electrons. The van der Waals surface area contributed by atoms with Crippen LogP contribution in [0.5, 0.6) is 0 Å². The molecule has 1 amide bonds. The van der Waals surface area contributed by atoms with E-state index in [0.717, 1.165) is 30.9 Å². The molecule has 10 nitrogen and oxygen atoms in total. The molecule has 0 spiro atoms. The minimum absolute atomic E-state index is 0.000296. The Morgan fingerprint density at radius 1 is 0.632 bits per heavy atom. The lowest BCUT2D eigenvalue weighted by molar-refractivity contribution is -0.128. The van der Waals surface area contributed by atoms with E-state index in [0.29, 0.717) is 76.9 Å². The predicted molar refractivity (Wildman–Crippen MR) is 216 cm³/mol. The number of rotatable bonds is 0. The Labute approximate surface area is 332 Å². The molecule has 0 aliphatic carbocycles. The minimum Gasteiger partial charge on any atom is -0.341 e. The van der Waals surface area contributed by atoms with Gasteiger partial charge in [-0.25, -0.2) is 18.7 Å². The Morgan fingerprint density at radius 2 is 1.11 bits per heavy atom. The van der Waals surface area contributed by atoms with Crippen LogP contribution in [0.15, 0.2) is 94.5 Å². The average Bonchev–Trinajstić information content (AvgIpc) is 3.56. The molecular formula is C44H37ClF2N6O4. The number of nitrogens with one attached hydrogen (secondary N) is 1. The topological polar surface area (TPSA) is 119 Å². The lowest BCUT2D eigenvalue weighted by atomic mass is 10.1. The van der Waals surface area contributed by atoms with E-state index in [9.17, 15) is 28.0 Å². The SMILES string of the molecule is CC(=O)Cl.CC(=O)N1CCc2nc3cc(C#Cc4cccc(F)c4)ccc3c(=O)n2CC1.O=c1c2ccc(C#Cc3cccc(F)c3)cc2nc2n1CCNCC2. The Balaban J connectivity index is 0.000000177. The maximum Gasteiger partial charge on any atom is 0.261 e. The van der Waals surface area contributed by atoms with Gasteiger partial charge in [-0.15, -0.1) is 0 Å². The number of fused-ring (bicyclic) bond motifs is 4. The second-order valence-electron chi connectivity index (χ2n) is 13.2. The number of nitrogens with zero attached hydrogens (tertiary/aromatic N) is 5. The van der Waals surface area contributed by atoms with Crippen LogP contribution in [0.25, 0.3) is 21.8 Å². The molecule has 0 fully saturated rings. The number of carbonyl (C=O) groups excluding carboxylic acids is 2. The van der Waals surface area contributed by atoms with Gasteiger partial charge < -0.3 is 10.2 Å². The van der Waals surface area contributed by atoms with Crippen LogP contribution in [0.1, 0.15) is 47.8 Å². The highest BCUT2D eigenvalue weighted by Crippen LogP contribution is 2.15. The van der Waals surface area contributed by atoms with Gasteiger partial charge in [0.05, 0.1) is 21.8 Å². The second kappa shape index (κ2) is 18.4. The van der Waals surface area contributed by atoms with E-state index in [-0.39, 0.29) is 33.9 Å². The third-order valence-corrected chi connectivity index (χ3v) is 9.10. The van der Waals surface area contributed by atoms with Gasteiger partial charge in [0, 0.05) is 88.2 Å². The summed E-state index contributed by atoms with van der Waals surface area (Å²) in [6, 6.07) is 22.9. The zero-order chi connectivity index (χ0) is 40.5. The molecule has 13 heteroatoms. The van der Waals surface area contributed by atoms with Crippen molar-refractivity contribution in [3.8, 4) is 23.7 Å². The Kier molecular flexibility index (Phi) is 13.0. The molecule has 1 N–H and O–H groups in total. The molecule has 6 aromatic rings. The Morgan fingerprint density at radius 3 is 1.60 bits per heavy atom. The first-order valence-corrected chi connectivity index (χ1v) is 18.6. The monoisotopic (exact) mass is 786 g/mol. The van der Waals surface area contributed by atoms with Gasteiger partial charge in [-0.1, -0.05) is 35.8 Å². The van der Waals surface area contributed by atoms with Crippen molar-refractivity contribution in [1.29, 1.82) is 0 Å². The van der Waals surface area contributed by atoms with Gasteiger partial charge in [-0.05, 0) is 84.4 Å². The molecule has 0 bridgehead atoms. The summed E-state index contributed by atoms with van der Waals surface area (Å²) in [5.74, 6) is 12.7. The van der Waals surface area contributed by atoms with Crippen molar-refractivity contribution in [3.63, 3.8) is 0 Å². The van der Waals surface area contributed by atoms with Crippen molar-refractivity contribution in [1.82, 2.24) is 29.3 Å². The first kappa shape index (κ1) is 40.2. The predicted octanol–water partition coefficient (Wildman–Crippen LogP) is 5.19. The molecule has 0 unspecified atom stereocenters. The number of hydrogen-bond donors (Lipinski definition) is 1. The molecule has 0 saturated carbocycles. The van der Waals surface area contributed by atoms with Gasteiger partial charge in [-0.3, -0.25) is 28.3 Å². The molecule has 8 rings (SSSR count). The summed E-state index contributed by atoms with van der Waals surface area (Å²) in [4.78, 5) is 57.5. The minimum atomic E-state index is -0.361. The van der Waals surface area contributed by atoms with Gasteiger partial charge in [0.15, 0.2) is 0 Å². The van der Waals surface area contributed by atoms with Crippen molar-refractivity contribution in [2.24, 2.45) is 0 Å². The number of benzene rings is 4. The van der Waals surface area contributed by atoms with Crippen LogP contribution in [0.3, 0.4) is 0 Å². The fourth-order valence-corrected chi connectivity index (χ4v) is 6.35. The number of halogens is 3. The quantitative estimate of drug-likeness (QED) is 0.166. The molecule has 4 heterocycles. The lowest BCUT2D eigenvalue weighted by Gasteiger charge is -2.16. The number of hydrogen-bond acceptors (Lipinski definition) is 7. The van der Waals surface area contributed by atoms with Gasteiger partial charge in [-0.2, -0.15) is 0 Å². The molecule has 2 aromatic heterocycles. The van der Waals surface area contributed by atoms with E-state index in [4.69, 9.17) is 0 Å². The first-order valence-electron chi connectivity index (χ1n) is 18.2. The van der Waals surface area contributed by atoms with E-state index < -0.39 is 0 Å². The highest BCUT2D eigenvalue weighted by Gasteiger charge is 2.19. The van der Waals surface area contributed by atoms with Crippen LogP contribution in [0, 0.1) is 35.3 Å². The molecule has 2 aliphatic heterocycles. The number of amides is 1. The highest BCUT2D eigenvalue weighted by atomic mass is 35.5. The zero-order valence-electron chi connectivity index (χ0n) is 31.2. The number of carbonyl (C=O) groups is 2. The largest absolute Gasteiger partial charge is 0.341 e. The van der Waals surface area contributed by atoms with Crippen molar-refractivity contribution in [2.75, 3.05) is 26.2 Å². The van der Waals surface area contributed by atoms with E-state index in [1.54, 1.807) is 68.6 Å². The maximum atomic E-state index is 13.3. The summed E-state index contributed by atoms with van der Waals surface area (Å²) in [5.41, 5.74) is 3.78. The molecular weight excluding hydrogens is 750 g/mol. The smallest absolute Gasteiger partial charge is 0.261 e. The van der Waals surface area contributed by atoms with Crippen LogP contribution in [0.4, 0.5) is 8.78 Å². The fraction of sp³-hybridized carbons (Fsp3) is 0.227. The van der Waals surface area contributed by atoms with Crippen molar-refractivity contribution in [2.45, 2.75) is 39.8 Å². The Hall–Kier alpha value is -6.47. The lowest BCUT2D eigenvalue weighted by Crippen LogP contribution is -2.32. The van der Waals surface area contributed by atoms with Gasteiger partial charge in [0.2, 0.25) is 11.1 Å². The summed E-state index contributed by atoms with van der Waals surface area (Å²) < 4.78 is 29.9. The standard InChI is InChI=1S/C22H18FN3O2.C20H16FN3O.C2H3ClO/c1-15(27)25-10-9-21-24-20-14-17(6-5-16-3-2-4-18(23)13-16)7-8-19(20)22(28)26(21)12-11-25;21-16-3-1-2-14(12-16)4-5-15-6-7-17-18(13-15)23-19-8-9-22-10-11-24(19)20(17)25;1-2(3)4/h2-4,7-8,13-14H,9-12H2,1H3;1-3,6-7,12-13,22H,8-11H2;1H3. The van der Waals surface area contributed by atoms with E-state index in [1.807, 2.05) is 6.07 Å². The molecule has 4 aromatic carbocycles. The maximum absolute atomic E-state index is 13.3. The van der Waals surface area contributed by atoms with Crippen molar-refractivity contribution in [3.05, 3.63) is 151 Å². The van der Waals surface area contributed by atoms with Crippen LogP contribution < -0.4 is 16.4 Å². The van der Waals surface area contributed by atoms with Gasteiger partial charge in [0.25, 0.3) is 11.1 Å². The number of aromatic nitrogens is 4. The Bertz CT molecular complexity index is 2760. The summed E-state index contributed by atoms with van der Waals surface area (Å²) in [5, 5.41) is 4.04. The van der Waals surface area contributed by atoms with Crippen LogP contribution in [-0.4, -0.2) is 61.3 Å². The third-order valence-electron chi connectivity index (χ3n) is 9.10. The van der Waals surface area contributed by atoms with E-state index >= 15 is 0 Å².